The Morgan fingerprint density at radius 3 is 2.75 bits per heavy atom. The SMILES string of the molecule is NC1CC2(C1)c1cccn1CCN2Cc1ccc2c(c1)C(=O)N(C1CCC(=O)NC1=O)C2. The number of fused-ring (bicyclic) bond motifs is 3. The summed E-state index contributed by atoms with van der Waals surface area (Å²) in [6, 6.07) is 10.1. The third kappa shape index (κ3) is 2.86. The fraction of sp³-hybridized carbons (Fsp3) is 0.458. The second kappa shape index (κ2) is 7.02. The Balaban J connectivity index is 1.24. The van der Waals surface area contributed by atoms with Crippen LogP contribution in [0.5, 0.6) is 0 Å². The van der Waals surface area contributed by atoms with Crippen molar-refractivity contribution in [1.29, 1.82) is 0 Å². The van der Waals surface area contributed by atoms with E-state index in [9.17, 15) is 14.4 Å². The van der Waals surface area contributed by atoms with Crippen LogP contribution in [0.1, 0.15) is 52.9 Å². The molecule has 1 spiro atoms. The van der Waals surface area contributed by atoms with Gasteiger partial charge in [0, 0.05) is 56.1 Å². The molecule has 8 heteroatoms. The summed E-state index contributed by atoms with van der Waals surface area (Å²) >= 11 is 0. The normalized spacial score (nSPS) is 29.7. The van der Waals surface area contributed by atoms with Crippen LogP contribution in [0.4, 0.5) is 0 Å². The van der Waals surface area contributed by atoms with E-state index in [1.165, 1.54) is 5.69 Å². The van der Waals surface area contributed by atoms with Crippen molar-refractivity contribution in [2.45, 2.75) is 62.9 Å². The number of carbonyl (C=O) groups is 3. The number of carbonyl (C=O) groups excluding carboxylic acids is 3. The van der Waals surface area contributed by atoms with Gasteiger partial charge in [0.1, 0.15) is 6.04 Å². The number of rotatable bonds is 3. The van der Waals surface area contributed by atoms with Crippen molar-refractivity contribution in [3.8, 4) is 0 Å². The molecule has 2 aromatic rings. The molecule has 6 rings (SSSR count). The van der Waals surface area contributed by atoms with Crippen molar-refractivity contribution in [3.63, 3.8) is 0 Å². The Labute approximate surface area is 186 Å². The first-order valence-corrected chi connectivity index (χ1v) is 11.4. The molecular formula is C24H27N5O3. The number of aromatic nitrogens is 1. The Morgan fingerprint density at radius 1 is 1.12 bits per heavy atom. The molecule has 8 nitrogen and oxygen atoms in total. The largest absolute Gasteiger partial charge is 0.348 e. The first kappa shape index (κ1) is 19.7. The highest BCUT2D eigenvalue weighted by atomic mass is 16.2. The van der Waals surface area contributed by atoms with Gasteiger partial charge in [-0.25, -0.2) is 0 Å². The highest BCUT2D eigenvalue weighted by Gasteiger charge is 2.51. The lowest BCUT2D eigenvalue weighted by molar-refractivity contribution is -0.136. The Morgan fingerprint density at radius 2 is 1.97 bits per heavy atom. The summed E-state index contributed by atoms with van der Waals surface area (Å²) in [4.78, 5) is 41.1. The van der Waals surface area contributed by atoms with Gasteiger partial charge in [0.05, 0.1) is 5.54 Å². The maximum Gasteiger partial charge on any atom is 0.255 e. The molecule has 0 radical (unpaired) electrons. The van der Waals surface area contributed by atoms with E-state index in [1.807, 2.05) is 12.1 Å². The van der Waals surface area contributed by atoms with E-state index in [2.05, 4.69) is 39.2 Å². The summed E-state index contributed by atoms with van der Waals surface area (Å²) in [6.45, 7) is 3.07. The monoisotopic (exact) mass is 433 g/mol. The Kier molecular flexibility index (Phi) is 4.32. The van der Waals surface area contributed by atoms with E-state index < -0.39 is 6.04 Å². The molecule has 1 aliphatic carbocycles. The fourth-order valence-electron chi connectivity index (χ4n) is 6.06. The van der Waals surface area contributed by atoms with Gasteiger partial charge in [-0.2, -0.15) is 0 Å². The van der Waals surface area contributed by atoms with Crippen LogP contribution in [0.3, 0.4) is 0 Å². The molecule has 2 fully saturated rings. The summed E-state index contributed by atoms with van der Waals surface area (Å²) in [7, 11) is 0. The molecule has 1 unspecified atom stereocenters. The van der Waals surface area contributed by atoms with E-state index >= 15 is 0 Å². The minimum Gasteiger partial charge on any atom is -0.348 e. The van der Waals surface area contributed by atoms with Gasteiger partial charge in [-0.1, -0.05) is 12.1 Å². The van der Waals surface area contributed by atoms with Gasteiger partial charge in [0.25, 0.3) is 5.91 Å². The average molecular weight is 434 g/mol. The van der Waals surface area contributed by atoms with Gasteiger partial charge in [0.15, 0.2) is 0 Å². The minimum absolute atomic E-state index is 0.0249. The summed E-state index contributed by atoms with van der Waals surface area (Å²) in [6.07, 6.45) is 4.69. The summed E-state index contributed by atoms with van der Waals surface area (Å²) in [5.74, 6) is -0.763. The molecule has 1 saturated carbocycles. The van der Waals surface area contributed by atoms with Crippen LogP contribution in [0.25, 0.3) is 0 Å². The third-order valence-corrected chi connectivity index (χ3v) is 7.69. The minimum atomic E-state index is -0.578. The van der Waals surface area contributed by atoms with Crippen LogP contribution in [0.2, 0.25) is 0 Å². The van der Waals surface area contributed by atoms with E-state index in [0.717, 1.165) is 43.6 Å². The number of piperidine rings is 1. The number of amides is 3. The van der Waals surface area contributed by atoms with E-state index in [-0.39, 0.29) is 35.7 Å². The van der Waals surface area contributed by atoms with Crippen molar-refractivity contribution in [1.82, 2.24) is 19.7 Å². The van der Waals surface area contributed by atoms with Crippen LogP contribution < -0.4 is 11.1 Å². The second-order valence-corrected chi connectivity index (χ2v) is 9.60. The first-order chi connectivity index (χ1) is 15.4. The van der Waals surface area contributed by atoms with E-state index in [0.29, 0.717) is 18.5 Å². The van der Waals surface area contributed by atoms with E-state index in [4.69, 9.17) is 5.73 Å². The smallest absolute Gasteiger partial charge is 0.255 e. The highest BCUT2D eigenvalue weighted by molar-refractivity contribution is 6.05. The fourth-order valence-corrected chi connectivity index (χ4v) is 6.06. The lowest BCUT2D eigenvalue weighted by Crippen LogP contribution is -2.62. The van der Waals surface area contributed by atoms with Crippen molar-refractivity contribution in [2.24, 2.45) is 5.73 Å². The lowest BCUT2D eigenvalue weighted by atomic mass is 9.68. The molecule has 4 heterocycles. The van der Waals surface area contributed by atoms with Crippen LogP contribution in [-0.2, 0) is 34.8 Å². The van der Waals surface area contributed by atoms with Gasteiger partial charge in [0.2, 0.25) is 11.8 Å². The third-order valence-electron chi connectivity index (χ3n) is 7.69. The van der Waals surface area contributed by atoms with Crippen LogP contribution >= 0.6 is 0 Å². The van der Waals surface area contributed by atoms with Crippen LogP contribution in [0.15, 0.2) is 36.5 Å². The number of nitrogens with zero attached hydrogens (tertiary/aromatic N) is 3. The second-order valence-electron chi connectivity index (χ2n) is 9.60. The molecular weight excluding hydrogens is 406 g/mol. The lowest BCUT2D eigenvalue weighted by Gasteiger charge is -2.56. The quantitative estimate of drug-likeness (QED) is 0.706. The maximum absolute atomic E-state index is 13.2. The molecule has 3 N–H and O–H groups in total. The number of hydrogen-bond donors (Lipinski definition) is 2. The van der Waals surface area contributed by atoms with E-state index in [1.54, 1.807) is 4.90 Å². The molecule has 1 aromatic carbocycles. The zero-order valence-corrected chi connectivity index (χ0v) is 17.9. The molecule has 0 bridgehead atoms. The van der Waals surface area contributed by atoms with Crippen molar-refractivity contribution >= 4 is 17.7 Å². The van der Waals surface area contributed by atoms with Crippen molar-refractivity contribution in [3.05, 3.63) is 58.9 Å². The van der Waals surface area contributed by atoms with Gasteiger partial charge < -0.3 is 15.2 Å². The average Bonchev–Trinajstić information content (AvgIpc) is 3.34. The zero-order chi connectivity index (χ0) is 22.0. The first-order valence-electron chi connectivity index (χ1n) is 11.4. The van der Waals surface area contributed by atoms with Crippen LogP contribution in [0, 0.1) is 0 Å². The summed E-state index contributed by atoms with van der Waals surface area (Å²) < 4.78 is 2.34. The zero-order valence-electron chi connectivity index (χ0n) is 17.9. The number of nitrogens with one attached hydrogen (secondary N) is 1. The molecule has 1 saturated heterocycles. The predicted molar refractivity (Wildman–Crippen MR) is 116 cm³/mol. The molecule has 1 atom stereocenters. The maximum atomic E-state index is 13.2. The van der Waals surface area contributed by atoms with Gasteiger partial charge in [-0.15, -0.1) is 0 Å². The molecule has 32 heavy (non-hydrogen) atoms. The molecule has 3 aliphatic heterocycles. The topological polar surface area (TPSA) is 101 Å². The van der Waals surface area contributed by atoms with Gasteiger partial charge in [-0.3, -0.25) is 24.6 Å². The number of imide groups is 1. The van der Waals surface area contributed by atoms with Crippen molar-refractivity contribution in [2.75, 3.05) is 6.54 Å². The predicted octanol–water partition coefficient (Wildman–Crippen LogP) is 1.08. The van der Waals surface area contributed by atoms with Crippen molar-refractivity contribution < 1.29 is 14.4 Å². The summed E-state index contributed by atoms with van der Waals surface area (Å²) in [5, 5.41) is 2.36. The molecule has 4 aliphatic rings. The molecule has 166 valence electrons. The highest BCUT2D eigenvalue weighted by Crippen LogP contribution is 2.48. The number of nitrogens with two attached hydrogens (primary N) is 1. The van der Waals surface area contributed by atoms with Crippen LogP contribution in [-0.4, -0.2) is 50.7 Å². The summed E-state index contributed by atoms with van der Waals surface area (Å²) in [5.41, 5.74) is 10.3. The van der Waals surface area contributed by atoms with Gasteiger partial charge in [-0.05, 0) is 48.6 Å². The Bertz CT molecular complexity index is 1130. The number of hydrogen-bond acceptors (Lipinski definition) is 5. The number of benzene rings is 1. The molecule has 1 aromatic heterocycles. The van der Waals surface area contributed by atoms with Gasteiger partial charge >= 0.3 is 0 Å². The standard InChI is InChI=1S/C24H27N5O3/c25-17-11-24(12-17)20-2-1-7-27(20)8-9-28(24)13-15-3-4-16-14-29(23(32)18(16)10-15)19-5-6-21(30)26-22(19)31/h1-4,7,10,17,19H,5-6,8-9,11-14,25H2,(H,26,30,31). The molecule has 3 amide bonds. The Hall–Kier alpha value is -2.97.